The summed E-state index contributed by atoms with van der Waals surface area (Å²) in [4.78, 5) is 32.3. The van der Waals surface area contributed by atoms with E-state index in [4.69, 9.17) is 5.11 Å². The Balaban J connectivity index is 2.04. The molecular formula is C11H11BrN4O3. The standard InChI is InChI=1S/C11H11BrN4O3/c12-6-1-8(14-3-6)10(17)16-9(11(18)19)2-7-4-13-5-15-7/h1,3-5,9,14H,2H2,(H,13,15)(H,16,17)(H,18,19). The summed E-state index contributed by atoms with van der Waals surface area (Å²) in [5.41, 5.74) is 0.933. The van der Waals surface area contributed by atoms with Gasteiger partial charge in [0, 0.05) is 29.0 Å². The molecule has 4 N–H and O–H groups in total. The smallest absolute Gasteiger partial charge is 0.326 e. The Bertz CT molecular complexity index is 579. The van der Waals surface area contributed by atoms with Gasteiger partial charge in [-0.1, -0.05) is 0 Å². The number of H-pyrrole nitrogens is 2. The van der Waals surface area contributed by atoms with Crippen molar-refractivity contribution in [1.82, 2.24) is 20.3 Å². The second-order valence-corrected chi connectivity index (χ2v) is 4.79. The number of carbonyl (C=O) groups excluding carboxylic acids is 1. The number of hydrogen-bond donors (Lipinski definition) is 4. The van der Waals surface area contributed by atoms with Crippen molar-refractivity contribution in [2.45, 2.75) is 12.5 Å². The molecule has 1 unspecified atom stereocenters. The number of nitrogens with one attached hydrogen (secondary N) is 3. The van der Waals surface area contributed by atoms with Gasteiger partial charge >= 0.3 is 5.97 Å². The molecule has 0 bridgehead atoms. The van der Waals surface area contributed by atoms with Gasteiger partial charge in [0.05, 0.1) is 6.33 Å². The molecule has 0 radical (unpaired) electrons. The predicted octanol–water partition coefficient (Wildman–Crippen LogP) is 0.926. The van der Waals surface area contributed by atoms with Crippen LogP contribution >= 0.6 is 15.9 Å². The summed E-state index contributed by atoms with van der Waals surface area (Å²) in [6.45, 7) is 0. The average Bonchev–Trinajstić information content (AvgIpc) is 2.99. The average molecular weight is 327 g/mol. The van der Waals surface area contributed by atoms with Crippen LogP contribution in [-0.2, 0) is 11.2 Å². The molecule has 7 nitrogen and oxygen atoms in total. The number of amides is 1. The van der Waals surface area contributed by atoms with Crippen molar-refractivity contribution in [2.24, 2.45) is 0 Å². The van der Waals surface area contributed by atoms with Crippen LogP contribution in [0, 0.1) is 0 Å². The Morgan fingerprint density at radius 2 is 2.26 bits per heavy atom. The van der Waals surface area contributed by atoms with Crippen molar-refractivity contribution in [1.29, 1.82) is 0 Å². The van der Waals surface area contributed by atoms with Gasteiger partial charge in [-0.3, -0.25) is 4.79 Å². The molecule has 0 aromatic carbocycles. The van der Waals surface area contributed by atoms with Gasteiger partial charge in [0.15, 0.2) is 0 Å². The number of hydrogen-bond acceptors (Lipinski definition) is 3. The van der Waals surface area contributed by atoms with Gasteiger partial charge in [-0.25, -0.2) is 9.78 Å². The predicted molar refractivity (Wildman–Crippen MR) is 69.7 cm³/mol. The summed E-state index contributed by atoms with van der Waals surface area (Å²) in [6.07, 6.45) is 4.72. The molecule has 0 aliphatic heterocycles. The Morgan fingerprint density at radius 3 is 2.79 bits per heavy atom. The highest BCUT2D eigenvalue weighted by molar-refractivity contribution is 9.10. The largest absolute Gasteiger partial charge is 0.480 e. The summed E-state index contributed by atoms with van der Waals surface area (Å²) in [5, 5.41) is 11.6. The molecule has 0 aliphatic rings. The van der Waals surface area contributed by atoms with Crippen molar-refractivity contribution >= 4 is 27.8 Å². The minimum Gasteiger partial charge on any atom is -0.480 e. The number of carbonyl (C=O) groups is 2. The fourth-order valence-electron chi connectivity index (χ4n) is 1.55. The van der Waals surface area contributed by atoms with Crippen LogP contribution in [0.1, 0.15) is 16.2 Å². The molecule has 0 spiro atoms. The Kier molecular flexibility index (Phi) is 4.00. The van der Waals surface area contributed by atoms with E-state index in [-0.39, 0.29) is 6.42 Å². The van der Waals surface area contributed by atoms with E-state index >= 15 is 0 Å². The third kappa shape index (κ3) is 3.44. The lowest BCUT2D eigenvalue weighted by molar-refractivity contribution is -0.139. The number of carboxylic acids is 1. The van der Waals surface area contributed by atoms with E-state index in [9.17, 15) is 9.59 Å². The lowest BCUT2D eigenvalue weighted by atomic mass is 10.1. The van der Waals surface area contributed by atoms with Crippen LogP contribution in [0.5, 0.6) is 0 Å². The summed E-state index contributed by atoms with van der Waals surface area (Å²) < 4.78 is 0.720. The lowest BCUT2D eigenvalue weighted by Crippen LogP contribution is -2.42. The molecule has 2 rings (SSSR count). The maximum Gasteiger partial charge on any atom is 0.326 e. The second kappa shape index (κ2) is 5.70. The highest BCUT2D eigenvalue weighted by atomic mass is 79.9. The van der Waals surface area contributed by atoms with Crippen molar-refractivity contribution in [3.63, 3.8) is 0 Å². The zero-order valence-corrected chi connectivity index (χ0v) is 11.3. The molecule has 0 aliphatic carbocycles. The first-order chi connectivity index (χ1) is 9.06. The summed E-state index contributed by atoms with van der Waals surface area (Å²) in [7, 11) is 0. The van der Waals surface area contributed by atoms with Crippen LogP contribution < -0.4 is 5.32 Å². The normalized spacial score (nSPS) is 12.1. The second-order valence-electron chi connectivity index (χ2n) is 3.88. The number of nitrogens with zero attached hydrogens (tertiary/aromatic N) is 1. The van der Waals surface area contributed by atoms with Gasteiger partial charge in [0.25, 0.3) is 5.91 Å². The van der Waals surface area contributed by atoms with E-state index in [2.05, 4.69) is 36.2 Å². The van der Waals surface area contributed by atoms with Crippen molar-refractivity contribution in [3.05, 3.63) is 40.6 Å². The first kappa shape index (κ1) is 13.3. The topological polar surface area (TPSA) is 111 Å². The van der Waals surface area contributed by atoms with Crippen molar-refractivity contribution < 1.29 is 14.7 Å². The molecule has 1 atom stereocenters. The van der Waals surface area contributed by atoms with Gasteiger partial charge in [0.2, 0.25) is 0 Å². The number of halogens is 1. The molecule has 0 fully saturated rings. The number of aliphatic carboxylic acids is 1. The number of aromatic nitrogens is 3. The number of rotatable bonds is 5. The quantitative estimate of drug-likeness (QED) is 0.654. The monoisotopic (exact) mass is 326 g/mol. The molecule has 8 heteroatoms. The van der Waals surface area contributed by atoms with E-state index < -0.39 is 17.9 Å². The molecular weight excluding hydrogens is 316 g/mol. The van der Waals surface area contributed by atoms with E-state index in [0.717, 1.165) is 4.47 Å². The Labute approximate surface area is 116 Å². The lowest BCUT2D eigenvalue weighted by Gasteiger charge is -2.12. The molecule has 1 amide bonds. The maximum absolute atomic E-state index is 11.8. The molecule has 2 aromatic rings. The third-order valence-electron chi connectivity index (χ3n) is 2.47. The van der Waals surface area contributed by atoms with Gasteiger partial charge in [-0.15, -0.1) is 0 Å². The highest BCUT2D eigenvalue weighted by Gasteiger charge is 2.22. The zero-order chi connectivity index (χ0) is 13.8. The highest BCUT2D eigenvalue weighted by Crippen LogP contribution is 2.10. The van der Waals surface area contributed by atoms with Crippen LogP contribution in [0.2, 0.25) is 0 Å². The first-order valence-electron chi connectivity index (χ1n) is 5.41. The van der Waals surface area contributed by atoms with E-state index in [1.54, 1.807) is 12.3 Å². The van der Waals surface area contributed by atoms with Crippen LogP contribution in [0.25, 0.3) is 0 Å². The molecule has 2 aromatic heterocycles. The number of aromatic amines is 2. The third-order valence-corrected chi connectivity index (χ3v) is 2.93. The number of carboxylic acid groups (broad SMARTS) is 1. The molecule has 0 saturated carbocycles. The van der Waals surface area contributed by atoms with Gasteiger partial charge in [0.1, 0.15) is 11.7 Å². The molecule has 2 heterocycles. The van der Waals surface area contributed by atoms with Crippen LogP contribution in [0.4, 0.5) is 0 Å². The molecule has 19 heavy (non-hydrogen) atoms. The Morgan fingerprint density at radius 1 is 1.47 bits per heavy atom. The maximum atomic E-state index is 11.8. The van der Waals surface area contributed by atoms with E-state index in [1.165, 1.54) is 12.5 Å². The molecule has 100 valence electrons. The van der Waals surface area contributed by atoms with Crippen molar-refractivity contribution in [2.75, 3.05) is 0 Å². The van der Waals surface area contributed by atoms with E-state index in [1.807, 2.05) is 0 Å². The zero-order valence-electron chi connectivity index (χ0n) is 9.68. The van der Waals surface area contributed by atoms with Crippen LogP contribution in [0.15, 0.2) is 29.3 Å². The minimum absolute atomic E-state index is 0.142. The SMILES string of the molecule is O=C(NC(Cc1cnc[nH]1)C(=O)O)c1cc(Br)c[nH]1. The van der Waals surface area contributed by atoms with Gasteiger partial charge in [-0.05, 0) is 22.0 Å². The van der Waals surface area contributed by atoms with E-state index in [0.29, 0.717) is 11.4 Å². The molecule has 0 saturated heterocycles. The number of imidazole rings is 1. The first-order valence-corrected chi connectivity index (χ1v) is 6.20. The Hall–Kier alpha value is -2.09. The van der Waals surface area contributed by atoms with Crippen LogP contribution in [-0.4, -0.2) is 38.0 Å². The van der Waals surface area contributed by atoms with Crippen LogP contribution in [0.3, 0.4) is 0 Å². The van der Waals surface area contributed by atoms with Gasteiger partial charge < -0.3 is 20.4 Å². The summed E-state index contributed by atoms with van der Waals surface area (Å²) in [5.74, 6) is -1.58. The fourth-order valence-corrected chi connectivity index (χ4v) is 1.89. The summed E-state index contributed by atoms with van der Waals surface area (Å²) in [6, 6.07) is 0.555. The van der Waals surface area contributed by atoms with Crippen molar-refractivity contribution in [3.8, 4) is 0 Å². The minimum atomic E-state index is -1.10. The fraction of sp³-hybridized carbons (Fsp3) is 0.182. The van der Waals surface area contributed by atoms with Gasteiger partial charge in [-0.2, -0.15) is 0 Å². The summed E-state index contributed by atoms with van der Waals surface area (Å²) >= 11 is 3.20.